The summed E-state index contributed by atoms with van der Waals surface area (Å²) in [6.45, 7) is 16.1. The first kappa shape index (κ1) is 83.1. The Bertz CT molecular complexity index is 3150. The summed E-state index contributed by atoms with van der Waals surface area (Å²) in [5.74, 6) is -1.32. The fraction of sp³-hybridized carbons (Fsp3) is 0.519. The van der Waals surface area contributed by atoms with Crippen LogP contribution in [-0.4, -0.2) is 187 Å². The Kier molecular flexibility index (Phi) is 47.5. The van der Waals surface area contributed by atoms with Gasteiger partial charge in [-0.2, -0.15) is 50.5 Å². The Hall–Kier alpha value is -5.12. The Morgan fingerprint density at radius 1 is 0.393 bits per heavy atom. The molecule has 0 bridgehead atoms. The lowest BCUT2D eigenvalue weighted by Gasteiger charge is -2.00. The molecule has 0 fully saturated rings. The van der Waals surface area contributed by atoms with Crippen LogP contribution in [0, 0.1) is 0 Å². The minimum Gasteiger partial charge on any atom is -0.295 e. The molecule has 0 unspecified atom stereocenters. The van der Waals surface area contributed by atoms with E-state index < -0.39 is 60.7 Å². The van der Waals surface area contributed by atoms with Crippen LogP contribution in [0.3, 0.4) is 0 Å². The molecule has 0 saturated heterocycles. The molecule has 3 rings (SSSR count). The number of rotatable bonds is 31. The second-order valence-corrected chi connectivity index (χ2v) is 27.3. The van der Waals surface area contributed by atoms with E-state index in [1.807, 2.05) is 146 Å². The van der Waals surface area contributed by atoms with Crippen LogP contribution in [0.1, 0.15) is 123 Å². The van der Waals surface area contributed by atoms with Gasteiger partial charge in [0.15, 0.2) is 0 Å². The van der Waals surface area contributed by atoms with E-state index in [-0.39, 0.29) is 34.5 Å². The Morgan fingerprint density at radius 3 is 1.10 bits per heavy atom. The minimum absolute atomic E-state index is 0.197. The molecule has 3 aromatic rings. The monoisotopic (exact) mass is 1300 g/mol. The van der Waals surface area contributed by atoms with Gasteiger partial charge < -0.3 is 0 Å². The molecule has 0 amide bonds. The Balaban J connectivity index is -0.000000944. The number of allylic oxidation sites excluding steroid dienone is 1. The second kappa shape index (κ2) is 48.0. The van der Waals surface area contributed by atoms with Crippen molar-refractivity contribution >= 4 is 102 Å². The predicted octanol–water partition coefficient (Wildman–Crippen LogP) is 8.61. The molecular formula is C54H88N6O18S6. The molecule has 0 heterocycles. The van der Waals surface area contributed by atoms with Crippen LogP contribution in [0.5, 0.6) is 0 Å². The van der Waals surface area contributed by atoms with Crippen molar-refractivity contribution in [2.24, 2.45) is 30.0 Å². The first-order chi connectivity index (χ1) is 39.0. The normalized spacial score (nSPS) is 12.2. The number of benzene rings is 3. The first-order valence-electron chi connectivity index (χ1n) is 26.5. The summed E-state index contributed by atoms with van der Waals surface area (Å²) in [5, 5.41) is 0. The van der Waals surface area contributed by atoms with Crippen molar-refractivity contribution in [3.05, 3.63) is 114 Å². The summed E-state index contributed by atoms with van der Waals surface area (Å²) in [6, 6.07) is 29.0. The van der Waals surface area contributed by atoms with Gasteiger partial charge in [-0.1, -0.05) is 118 Å². The van der Waals surface area contributed by atoms with Gasteiger partial charge in [0.05, 0.1) is 34.5 Å². The maximum atomic E-state index is 10.5. The highest BCUT2D eigenvalue weighted by atomic mass is 32.2. The van der Waals surface area contributed by atoms with Crippen LogP contribution >= 0.6 is 0 Å². The molecule has 0 aliphatic rings. The van der Waals surface area contributed by atoms with Crippen molar-refractivity contribution in [1.82, 2.24) is 0 Å². The predicted molar refractivity (Wildman–Crippen MR) is 342 cm³/mol. The molecule has 6 N–H and O–H groups in total. The van der Waals surface area contributed by atoms with Crippen LogP contribution in [0.15, 0.2) is 127 Å². The van der Waals surface area contributed by atoms with Crippen LogP contribution in [0.4, 0.5) is 0 Å². The van der Waals surface area contributed by atoms with Gasteiger partial charge in [0.1, 0.15) is 0 Å². The fourth-order valence-corrected chi connectivity index (χ4v) is 8.60. The molecule has 0 radical (unpaired) electrons. The first-order valence-corrected chi connectivity index (χ1v) is 36.2. The number of hydrogen-bond acceptors (Lipinski definition) is 18. The molecule has 478 valence electrons. The summed E-state index contributed by atoms with van der Waals surface area (Å²) >= 11 is 0. The molecule has 3 aromatic carbocycles. The molecule has 84 heavy (non-hydrogen) atoms. The molecule has 0 aromatic heterocycles. The van der Waals surface area contributed by atoms with Crippen molar-refractivity contribution in [1.29, 1.82) is 0 Å². The van der Waals surface area contributed by atoms with Crippen LogP contribution < -0.4 is 0 Å². The van der Waals surface area contributed by atoms with Gasteiger partial charge in [-0.05, 0) is 108 Å². The molecule has 0 aliphatic carbocycles. The molecule has 24 nitrogen and oxygen atoms in total. The van der Waals surface area contributed by atoms with Crippen molar-refractivity contribution < 1.29 is 77.8 Å². The molecule has 0 atom stereocenters. The van der Waals surface area contributed by atoms with Crippen LogP contribution in [0.2, 0.25) is 0 Å². The highest BCUT2D eigenvalue weighted by Gasteiger charge is 2.06. The average Bonchev–Trinajstić information content (AvgIpc) is 3.42. The maximum absolute atomic E-state index is 10.5. The van der Waals surface area contributed by atoms with Gasteiger partial charge in [-0.25, -0.2) is 0 Å². The van der Waals surface area contributed by atoms with Gasteiger partial charge in [-0.3, -0.25) is 57.3 Å². The SMILES string of the molecule is CC(=NCCCS(=O)(=O)O)c1ccccc1.CC(C)=NCCCS(=O)(=O)O.CCC(C)=NCCCS(=O)(=O)O.CCC(CC)=NCCCS(=O)(=O)O.O=S(=O)(O)CCCN=C/C=C/c1ccccc1.O=S(=O)(O)CCCN=Cc1ccccc1. The third-order valence-electron chi connectivity index (χ3n) is 9.95. The largest absolute Gasteiger partial charge is 0.295 e. The highest BCUT2D eigenvalue weighted by Crippen LogP contribution is 2.03. The molecule has 0 aliphatic heterocycles. The molecule has 30 heteroatoms. The van der Waals surface area contributed by atoms with E-state index >= 15 is 0 Å². The smallest absolute Gasteiger partial charge is 0.264 e. The third-order valence-corrected chi connectivity index (χ3v) is 14.8. The second-order valence-electron chi connectivity index (χ2n) is 17.9. The number of aliphatic imine (C=N–C) groups is 6. The van der Waals surface area contributed by atoms with E-state index in [0.29, 0.717) is 77.8 Å². The topological polar surface area (TPSA) is 400 Å². The average molecular weight is 1300 g/mol. The lowest BCUT2D eigenvalue weighted by molar-refractivity contribution is 0.479. The summed E-state index contributed by atoms with van der Waals surface area (Å²) in [7, 11) is -22.9. The number of nitrogens with zero attached hydrogens (tertiary/aromatic N) is 6. The fourth-order valence-electron chi connectivity index (χ4n) is 5.64. The van der Waals surface area contributed by atoms with E-state index in [4.69, 9.17) is 27.3 Å². The van der Waals surface area contributed by atoms with Gasteiger partial charge >= 0.3 is 0 Å². The van der Waals surface area contributed by atoms with E-state index in [9.17, 15) is 50.5 Å². The lowest BCUT2D eigenvalue weighted by atomic mass is 10.1. The minimum atomic E-state index is -3.86. The van der Waals surface area contributed by atoms with Gasteiger partial charge in [0, 0.05) is 74.5 Å². The summed E-state index contributed by atoms with van der Waals surface area (Å²) in [6.07, 6.45) is 11.9. The maximum Gasteiger partial charge on any atom is 0.264 e. The zero-order valence-corrected chi connectivity index (χ0v) is 53.9. The van der Waals surface area contributed by atoms with Crippen LogP contribution in [-0.2, 0) is 60.7 Å². The van der Waals surface area contributed by atoms with Gasteiger partial charge in [0.25, 0.3) is 60.7 Å². The summed E-state index contributed by atoms with van der Waals surface area (Å²) in [5.41, 5.74) is 6.97. The Morgan fingerprint density at radius 2 is 0.726 bits per heavy atom. The lowest BCUT2D eigenvalue weighted by Crippen LogP contribution is -2.05. The zero-order chi connectivity index (χ0) is 64.6. The van der Waals surface area contributed by atoms with E-state index in [2.05, 4.69) is 30.0 Å². The quantitative estimate of drug-likeness (QED) is 0.0199. The van der Waals surface area contributed by atoms with Gasteiger partial charge in [-0.15, -0.1) is 0 Å². The highest BCUT2D eigenvalue weighted by molar-refractivity contribution is 7.86. The summed E-state index contributed by atoms with van der Waals surface area (Å²) < 4.78 is 174. The molecule has 0 spiro atoms. The third kappa shape index (κ3) is 67.7. The van der Waals surface area contributed by atoms with Crippen molar-refractivity contribution in [2.75, 3.05) is 73.8 Å². The van der Waals surface area contributed by atoms with E-state index in [1.54, 1.807) is 18.5 Å². The van der Waals surface area contributed by atoms with Crippen molar-refractivity contribution in [3.8, 4) is 0 Å². The van der Waals surface area contributed by atoms with E-state index in [0.717, 1.165) is 58.8 Å². The molecular weight excluding hydrogens is 1210 g/mol. The number of hydrogen-bond donors (Lipinski definition) is 6. The van der Waals surface area contributed by atoms with Crippen molar-refractivity contribution in [2.45, 2.75) is 106 Å². The molecule has 0 saturated carbocycles. The van der Waals surface area contributed by atoms with E-state index in [1.165, 1.54) is 0 Å². The Labute approximate surface area is 500 Å². The standard InChI is InChI=1S/C12H15NO3S.C11H15NO3S.C10H13NO3S.C8H17NO3S.C7H15NO3S.C6H13NO3S/c14-17(15,16)11-5-10-13-9-4-8-12-6-2-1-3-7-12;1-10(11-6-3-2-4-7-11)12-8-5-9-16(13,14)15;12-15(13,14)8-4-7-11-9-10-5-2-1-3-6-10;1-3-8(4-2)9-6-5-7-13(10,11)12;1-3-7(2)8-5-4-6-12(9,10)11;1-6(2)7-4-3-5-11(8,9)10/h1-4,6-9H,5,10-11H2,(H,14,15,16);2-4,6-7H,5,8-9H2,1H3,(H,13,14,15);1-3,5-6,9H,4,7-8H2,(H,12,13,14);3-7H2,1-2H3,(H,10,11,12);3-6H2,1-2H3,(H,9,10,11);3-5H2,1-2H3,(H,8,9,10)/b8-4+,13-9?;;;;;. The van der Waals surface area contributed by atoms with Crippen LogP contribution in [0.25, 0.3) is 6.08 Å². The summed E-state index contributed by atoms with van der Waals surface area (Å²) in [4.78, 5) is 24.5. The zero-order valence-electron chi connectivity index (χ0n) is 49.0. The van der Waals surface area contributed by atoms with Crippen molar-refractivity contribution in [3.63, 3.8) is 0 Å². The van der Waals surface area contributed by atoms with Gasteiger partial charge in [0.2, 0.25) is 0 Å².